The van der Waals surface area contributed by atoms with Crippen molar-refractivity contribution in [3.05, 3.63) is 35.9 Å². The van der Waals surface area contributed by atoms with Gasteiger partial charge in [0.1, 0.15) is 0 Å². The van der Waals surface area contributed by atoms with Gasteiger partial charge in [-0.15, -0.1) is 0 Å². The normalized spacial score (nSPS) is 17.8. The molecule has 0 bridgehead atoms. The van der Waals surface area contributed by atoms with E-state index in [-0.39, 0.29) is 5.91 Å². The number of thiazole rings is 1. The second-order valence-electron chi connectivity index (χ2n) is 5.19. The quantitative estimate of drug-likeness (QED) is 0.858. The molecule has 1 atom stereocenters. The molecule has 0 radical (unpaired) electrons. The number of hydrogen-bond acceptors (Lipinski definition) is 3. The van der Waals surface area contributed by atoms with E-state index >= 15 is 0 Å². The van der Waals surface area contributed by atoms with Crippen LogP contribution >= 0.6 is 11.3 Å². The molecule has 104 valence electrons. The van der Waals surface area contributed by atoms with Gasteiger partial charge in [0.05, 0.1) is 10.2 Å². The summed E-state index contributed by atoms with van der Waals surface area (Å²) < 4.78 is 1.14. The molecule has 4 heteroatoms. The van der Waals surface area contributed by atoms with Gasteiger partial charge in [0, 0.05) is 6.42 Å². The van der Waals surface area contributed by atoms with E-state index in [1.54, 1.807) is 11.3 Å². The van der Waals surface area contributed by atoms with Gasteiger partial charge in [-0.25, -0.2) is 4.98 Å². The lowest BCUT2D eigenvalue weighted by Gasteiger charge is -2.06. The highest BCUT2D eigenvalue weighted by atomic mass is 32.1. The molecule has 0 saturated carbocycles. The number of anilines is 1. The summed E-state index contributed by atoms with van der Waals surface area (Å²) in [6.45, 7) is 2.14. The van der Waals surface area contributed by atoms with Gasteiger partial charge in [0.2, 0.25) is 5.91 Å². The zero-order valence-corrected chi connectivity index (χ0v) is 12.4. The monoisotopic (exact) mass is 286 g/mol. The van der Waals surface area contributed by atoms with Crippen LogP contribution in [0.25, 0.3) is 10.2 Å². The molecule has 1 heterocycles. The first-order valence-electron chi connectivity index (χ1n) is 7.10. The molecule has 2 aromatic rings. The van der Waals surface area contributed by atoms with E-state index in [1.165, 1.54) is 5.56 Å². The summed E-state index contributed by atoms with van der Waals surface area (Å²) in [4.78, 5) is 16.5. The molecular formula is C16H18N2OS. The molecule has 0 saturated heterocycles. The number of rotatable bonds is 4. The highest BCUT2D eigenvalue weighted by Gasteiger charge is 2.15. The van der Waals surface area contributed by atoms with Crippen molar-refractivity contribution in [2.45, 2.75) is 32.6 Å². The average molecular weight is 286 g/mol. The van der Waals surface area contributed by atoms with Gasteiger partial charge in [0.25, 0.3) is 0 Å². The van der Waals surface area contributed by atoms with Crippen molar-refractivity contribution in [1.29, 1.82) is 0 Å². The zero-order chi connectivity index (χ0) is 13.9. The highest BCUT2D eigenvalue weighted by Crippen LogP contribution is 2.28. The van der Waals surface area contributed by atoms with Gasteiger partial charge in [0.15, 0.2) is 5.13 Å². The minimum absolute atomic E-state index is 0.0660. The van der Waals surface area contributed by atoms with E-state index in [1.807, 2.05) is 6.07 Å². The minimum atomic E-state index is 0.0660. The van der Waals surface area contributed by atoms with E-state index in [9.17, 15) is 4.79 Å². The fourth-order valence-corrected chi connectivity index (χ4v) is 3.46. The van der Waals surface area contributed by atoms with E-state index in [4.69, 9.17) is 0 Å². The lowest BCUT2D eigenvalue weighted by atomic mass is 10.1. The summed E-state index contributed by atoms with van der Waals surface area (Å²) in [6, 6.07) is 6.28. The van der Waals surface area contributed by atoms with Gasteiger partial charge in [-0.05, 0) is 42.9 Å². The van der Waals surface area contributed by atoms with Gasteiger partial charge < -0.3 is 5.32 Å². The van der Waals surface area contributed by atoms with Crippen LogP contribution in [0.3, 0.4) is 0 Å². The largest absolute Gasteiger partial charge is 0.302 e. The van der Waals surface area contributed by atoms with Crippen molar-refractivity contribution in [2.75, 3.05) is 5.32 Å². The first kappa shape index (κ1) is 13.3. The Morgan fingerprint density at radius 1 is 1.50 bits per heavy atom. The van der Waals surface area contributed by atoms with Crippen molar-refractivity contribution < 1.29 is 4.79 Å². The number of carbonyl (C=O) groups is 1. The second-order valence-corrected chi connectivity index (χ2v) is 6.22. The van der Waals surface area contributed by atoms with E-state index < -0.39 is 0 Å². The van der Waals surface area contributed by atoms with Gasteiger partial charge in [-0.1, -0.05) is 36.5 Å². The topological polar surface area (TPSA) is 42.0 Å². The molecule has 0 fully saturated rings. The third-order valence-corrected chi connectivity index (χ3v) is 4.60. The van der Waals surface area contributed by atoms with Crippen LogP contribution < -0.4 is 5.32 Å². The Morgan fingerprint density at radius 2 is 2.40 bits per heavy atom. The average Bonchev–Trinajstić information content (AvgIpc) is 3.06. The third kappa shape index (κ3) is 2.90. The number of benzene rings is 1. The zero-order valence-electron chi connectivity index (χ0n) is 11.6. The molecule has 1 aliphatic rings. The molecule has 0 unspecified atom stereocenters. The Kier molecular flexibility index (Phi) is 3.83. The van der Waals surface area contributed by atoms with E-state index in [0.717, 1.165) is 29.5 Å². The number of nitrogens with one attached hydrogen (secondary N) is 1. The third-order valence-electron chi connectivity index (χ3n) is 3.67. The standard InChI is InChI=1S/C16H18N2OS/c1-2-11-7-8-13-14(9-11)20-16(17-13)18-15(19)10-12-5-3-4-6-12/h3,5,7-9,12H,2,4,6,10H2,1H3,(H,17,18,19)/t12-/m1/s1. The molecule has 0 spiro atoms. The predicted octanol–water partition coefficient (Wildman–Crippen LogP) is 4.15. The molecule has 1 aromatic carbocycles. The lowest BCUT2D eigenvalue weighted by molar-refractivity contribution is -0.116. The number of fused-ring (bicyclic) bond motifs is 1. The Labute approximate surface area is 122 Å². The predicted molar refractivity (Wildman–Crippen MR) is 84.1 cm³/mol. The summed E-state index contributed by atoms with van der Waals surface area (Å²) in [5, 5.41) is 3.64. The Morgan fingerprint density at radius 3 is 3.15 bits per heavy atom. The number of aromatic nitrogens is 1. The number of nitrogens with zero attached hydrogens (tertiary/aromatic N) is 1. The number of amides is 1. The fraction of sp³-hybridized carbons (Fsp3) is 0.375. The highest BCUT2D eigenvalue weighted by molar-refractivity contribution is 7.22. The number of hydrogen-bond donors (Lipinski definition) is 1. The molecular weight excluding hydrogens is 268 g/mol. The number of allylic oxidation sites excluding steroid dienone is 2. The van der Waals surface area contributed by atoms with Crippen molar-refractivity contribution in [2.24, 2.45) is 5.92 Å². The Hall–Kier alpha value is -1.68. The molecule has 1 aliphatic carbocycles. The van der Waals surface area contributed by atoms with Crippen molar-refractivity contribution in [3.8, 4) is 0 Å². The van der Waals surface area contributed by atoms with Crippen LogP contribution in [0.2, 0.25) is 0 Å². The maximum Gasteiger partial charge on any atom is 0.226 e. The molecule has 1 N–H and O–H groups in total. The summed E-state index contributed by atoms with van der Waals surface area (Å²) in [6.07, 6.45) is 8.07. The van der Waals surface area contributed by atoms with Crippen molar-refractivity contribution >= 4 is 32.6 Å². The van der Waals surface area contributed by atoms with Gasteiger partial charge >= 0.3 is 0 Å². The Balaban J connectivity index is 1.70. The van der Waals surface area contributed by atoms with E-state index in [0.29, 0.717) is 17.5 Å². The SMILES string of the molecule is CCc1ccc2nc(NC(=O)C[C@@H]3C=CCC3)sc2c1. The molecule has 20 heavy (non-hydrogen) atoms. The van der Waals surface area contributed by atoms with Crippen LogP contribution in [0.1, 0.15) is 31.7 Å². The Bertz CT molecular complexity index is 660. The van der Waals surface area contributed by atoms with Crippen LogP contribution in [0.5, 0.6) is 0 Å². The van der Waals surface area contributed by atoms with Crippen LogP contribution in [-0.2, 0) is 11.2 Å². The minimum Gasteiger partial charge on any atom is -0.302 e. The second kappa shape index (κ2) is 5.75. The van der Waals surface area contributed by atoms with Crippen LogP contribution in [-0.4, -0.2) is 10.9 Å². The lowest BCUT2D eigenvalue weighted by Crippen LogP contribution is -2.14. The van der Waals surface area contributed by atoms with Crippen LogP contribution in [0, 0.1) is 5.92 Å². The maximum atomic E-state index is 12.0. The first-order valence-corrected chi connectivity index (χ1v) is 7.92. The summed E-state index contributed by atoms with van der Waals surface area (Å²) in [5.41, 5.74) is 2.26. The van der Waals surface area contributed by atoms with Crippen molar-refractivity contribution in [1.82, 2.24) is 4.98 Å². The molecule has 1 amide bonds. The molecule has 1 aromatic heterocycles. The van der Waals surface area contributed by atoms with E-state index in [2.05, 4.69) is 41.5 Å². The van der Waals surface area contributed by atoms with Gasteiger partial charge in [-0.3, -0.25) is 4.79 Å². The first-order chi connectivity index (χ1) is 9.74. The smallest absolute Gasteiger partial charge is 0.226 e. The van der Waals surface area contributed by atoms with Crippen LogP contribution in [0.15, 0.2) is 30.4 Å². The van der Waals surface area contributed by atoms with Crippen LogP contribution in [0.4, 0.5) is 5.13 Å². The fourth-order valence-electron chi connectivity index (χ4n) is 2.52. The molecule has 3 rings (SSSR count). The van der Waals surface area contributed by atoms with Gasteiger partial charge in [-0.2, -0.15) is 0 Å². The maximum absolute atomic E-state index is 12.0. The molecule has 3 nitrogen and oxygen atoms in total. The summed E-state index contributed by atoms with van der Waals surface area (Å²) in [7, 11) is 0. The summed E-state index contributed by atoms with van der Waals surface area (Å²) >= 11 is 1.55. The number of aryl methyl sites for hydroxylation is 1. The van der Waals surface area contributed by atoms with Crippen molar-refractivity contribution in [3.63, 3.8) is 0 Å². The molecule has 0 aliphatic heterocycles. The number of carbonyl (C=O) groups excluding carboxylic acids is 1. The summed E-state index contributed by atoms with van der Waals surface area (Å²) in [5.74, 6) is 0.465.